The molecule has 0 radical (unpaired) electrons. The first-order valence-corrected chi connectivity index (χ1v) is 11.8. The molecule has 9 heteroatoms. The molecule has 1 atom stereocenters. The van der Waals surface area contributed by atoms with E-state index in [1.54, 1.807) is 20.8 Å². The summed E-state index contributed by atoms with van der Waals surface area (Å²) in [5.74, 6) is -1.22. The molecule has 1 fully saturated rings. The highest BCUT2D eigenvalue weighted by Crippen LogP contribution is 2.35. The number of anilines is 1. The van der Waals surface area contributed by atoms with Crippen molar-refractivity contribution in [3.8, 4) is 0 Å². The van der Waals surface area contributed by atoms with Crippen LogP contribution in [0.3, 0.4) is 0 Å². The van der Waals surface area contributed by atoms with Crippen molar-refractivity contribution >= 4 is 23.5 Å². The third kappa shape index (κ3) is 4.31. The van der Waals surface area contributed by atoms with Crippen LogP contribution in [0.2, 0.25) is 0 Å². The van der Waals surface area contributed by atoms with Crippen LogP contribution < -0.4 is 10.2 Å². The van der Waals surface area contributed by atoms with E-state index in [-0.39, 0.29) is 36.5 Å². The Morgan fingerprint density at radius 1 is 1.24 bits per heavy atom. The zero-order chi connectivity index (χ0) is 24.6. The molecular formula is C25H31FN4O4. The molecule has 1 aromatic heterocycles. The SMILES string of the molecule is CCOC(=O)c1cc2n(n1)CC(C)(C(=O)NC1CCC(C)CC1)N(c1ccc(F)cc1C)C2=O. The Morgan fingerprint density at radius 3 is 2.59 bits per heavy atom. The number of amides is 2. The Hall–Kier alpha value is -3.23. The van der Waals surface area contributed by atoms with Crippen LogP contribution in [-0.2, 0) is 16.1 Å². The van der Waals surface area contributed by atoms with Gasteiger partial charge in [0.2, 0.25) is 5.91 Å². The summed E-state index contributed by atoms with van der Waals surface area (Å²) in [5, 5.41) is 7.42. The quantitative estimate of drug-likeness (QED) is 0.674. The van der Waals surface area contributed by atoms with Gasteiger partial charge in [-0.25, -0.2) is 9.18 Å². The van der Waals surface area contributed by atoms with Gasteiger partial charge in [0.05, 0.1) is 13.2 Å². The minimum Gasteiger partial charge on any atom is -0.461 e. The van der Waals surface area contributed by atoms with Crippen molar-refractivity contribution in [3.63, 3.8) is 0 Å². The Balaban J connectivity index is 1.74. The third-order valence-electron chi connectivity index (χ3n) is 6.88. The minimum atomic E-state index is -1.34. The van der Waals surface area contributed by atoms with Crippen molar-refractivity contribution in [2.24, 2.45) is 5.92 Å². The van der Waals surface area contributed by atoms with Crippen molar-refractivity contribution < 1.29 is 23.5 Å². The Morgan fingerprint density at radius 2 is 1.94 bits per heavy atom. The van der Waals surface area contributed by atoms with E-state index in [4.69, 9.17) is 4.74 Å². The van der Waals surface area contributed by atoms with E-state index in [9.17, 15) is 18.8 Å². The van der Waals surface area contributed by atoms with E-state index in [0.29, 0.717) is 17.2 Å². The van der Waals surface area contributed by atoms with Gasteiger partial charge in [-0.2, -0.15) is 5.10 Å². The number of hydrogen-bond acceptors (Lipinski definition) is 5. The number of ether oxygens (including phenoxy) is 1. The van der Waals surface area contributed by atoms with Gasteiger partial charge in [0, 0.05) is 17.8 Å². The summed E-state index contributed by atoms with van der Waals surface area (Å²) in [6.45, 7) is 7.49. The number of fused-ring (bicyclic) bond motifs is 1. The number of hydrogen-bond donors (Lipinski definition) is 1. The van der Waals surface area contributed by atoms with E-state index >= 15 is 0 Å². The van der Waals surface area contributed by atoms with Crippen molar-refractivity contribution in [2.75, 3.05) is 11.5 Å². The second kappa shape index (κ2) is 9.19. The Bertz CT molecular complexity index is 1120. The molecule has 182 valence electrons. The zero-order valence-corrected chi connectivity index (χ0v) is 20.1. The summed E-state index contributed by atoms with van der Waals surface area (Å²) in [6.07, 6.45) is 3.83. The highest BCUT2D eigenvalue weighted by atomic mass is 19.1. The number of rotatable bonds is 5. The largest absolute Gasteiger partial charge is 0.461 e. The Kier molecular flexibility index (Phi) is 6.47. The highest BCUT2D eigenvalue weighted by molar-refractivity contribution is 6.12. The molecule has 1 saturated carbocycles. The number of aromatic nitrogens is 2. The van der Waals surface area contributed by atoms with Crippen molar-refractivity contribution in [1.29, 1.82) is 0 Å². The average molecular weight is 471 g/mol. The molecule has 1 unspecified atom stereocenters. The number of nitrogens with zero attached hydrogens (tertiary/aromatic N) is 3. The molecule has 1 aliphatic carbocycles. The topological polar surface area (TPSA) is 93.5 Å². The summed E-state index contributed by atoms with van der Waals surface area (Å²) < 4.78 is 20.3. The molecule has 0 spiro atoms. The molecule has 4 rings (SSSR count). The van der Waals surface area contributed by atoms with Crippen LogP contribution in [0, 0.1) is 18.7 Å². The number of aryl methyl sites for hydroxylation is 1. The van der Waals surface area contributed by atoms with Crippen LogP contribution in [0.4, 0.5) is 10.1 Å². The van der Waals surface area contributed by atoms with E-state index in [1.807, 2.05) is 0 Å². The molecule has 2 aromatic rings. The van der Waals surface area contributed by atoms with Gasteiger partial charge in [-0.1, -0.05) is 6.92 Å². The van der Waals surface area contributed by atoms with Gasteiger partial charge in [0.15, 0.2) is 5.69 Å². The summed E-state index contributed by atoms with van der Waals surface area (Å²) in [7, 11) is 0. The number of esters is 1. The number of halogens is 1. The maximum absolute atomic E-state index is 13.9. The maximum Gasteiger partial charge on any atom is 0.358 e. The first kappa shape index (κ1) is 23.9. The van der Waals surface area contributed by atoms with Gasteiger partial charge in [-0.15, -0.1) is 0 Å². The maximum atomic E-state index is 13.9. The zero-order valence-electron chi connectivity index (χ0n) is 20.1. The molecule has 1 N–H and O–H groups in total. The molecule has 1 aromatic carbocycles. The molecule has 2 heterocycles. The lowest BCUT2D eigenvalue weighted by Gasteiger charge is -2.44. The first-order valence-electron chi connectivity index (χ1n) is 11.8. The van der Waals surface area contributed by atoms with E-state index in [1.165, 1.54) is 33.8 Å². The van der Waals surface area contributed by atoms with Crippen LogP contribution in [0.25, 0.3) is 0 Å². The van der Waals surface area contributed by atoms with E-state index < -0.39 is 23.2 Å². The predicted molar refractivity (Wildman–Crippen MR) is 124 cm³/mol. The fraction of sp³-hybridized carbons (Fsp3) is 0.520. The van der Waals surface area contributed by atoms with Crippen molar-refractivity contribution in [2.45, 2.75) is 71.5 Å². The molecular weight excluding hydrogens is 439 g/mol. The van der Waals surface area contributed by atoms with Crippen molar-refractivity contribution in [3.05, 3.63) is 47.0 Å². The predicted octanol–water partition coefficient (Wildman–Crippen LogP) is 3.62. The van der Waals surface area contributed by atoms with Crippen LogP contribution in [0.5, 0.6) is 0 Å². The van der Waals surface area contributed by atoms with Gasteiger partial charge in [0.25, 0.3) is 5.91 Å². The van der Waals surface area contributed by atoms with Crippen LogP contribution in [0.1, 0.15) is 73.0 Å². The minimum absolute atomic E-state index is 0.00639. The second-order valence-electron chi connectivity index (χ2n) is 9.57. The van der Waals surface area contributed by atoms with Crippen LogP contribution in [0.15, 0.2) is 24.3 Å². The molecule has 2 aliphatic rings. The van der Waals surface area contributed by atoms with Gasteiger partial charge >= 0.3 is 5.97 Å². The van der Waals surface area contributed by atoms with Gasteiger partial charge in [0.1, 0.15) is 17.1 Å². The summed E-state index contributed by atoms with van der Waals surface area (Å²) in [5.41, 5.74) is -0.201. The normalized spacial score (nSPS) is 24.5. The van der Waals surface area contributed by atoms with Crippen LogP contribution in [-0.4, -0.2) is 45.8 Å². The van der Waals surface area contributed by atoms with Gasteiger partial charge < -0.3 is 10.1 Å². The fourth-order valence-electron chi connectivity index (χ4n) is 4.88. The molecule has 1 aliphatic heterocycles. The number of nitrogens with one attached hydrogen (secondary N) is 1. The first-order chi connectivity index (χ1) is 16.1. The lowest BCUT2D eigenvalue weighted by molar-refractivity contribution is -0.127. The molecule has 0 bridgehead atoms. The molecule has 2 amide bonds. The van der Waals surface area contributed by atoms with E-state index in [0.717, 1.165) is 25.7 Å². The standard InChI is InChI=1S/C25H31FN4O4/c1-5-34-23(32)19-13-21-22(31)30(20-11-8-17(26)12-16(20)3)25(4,14-29(21)28-19)24(33)27-18-9-6-15(2)7-10-18/h8,11-13,15,18H,5-7,9-10,14H2,1-4H3,(H,27,33). The fourth-order valence-corrected chi connectivity index (χ4v) is 4.88. The molecule has 34 heavy (non-hydrogen) atoms. The Labute approximate surface area is 198 Å². The number of benzene rings is 1. The number of carbonyl (C=O) groups excluding carboxylic acids is 3. The third-order valence-corrected chi connectivity index (χ3v) is 6.88. The van der Waals surface area contributed by atoms with Gasteiger partial charge in [-0.3, -0.25) is 19.2 Å². The highest BCUT2D eigenvalue weighted by Gasteiger charge is 2.50. The monoisotopic (exact) mass is 470 g/mol. The average Bonchev–Trinajstić information content (AvgIpc) is 3.21. The van der Waals surface area contributed by atoms with E-state index in [2.05, 4.69) is 17.3 Å². The number of carbonyl (C=O) groups is 3. The molecule has 8 nitrogen and oxygen atoms in total. The molecule has 0 saturated heterocycles. The summed E-state index contributed by atoms with van der Waals surface area (Å²) in [6, 6.07) is 5.52. The second-order valence-corrected chi connectivity index (χ2v) is 9.57. The van der Waals surface area contributed by atoms with Gasteiger partial charge in [-0.05, 0) is 76.1 Å². The van der Waals surface area contributed by atoms with Crippen molar-refractivity contribution in [1.82, 2.24) is 15.1 Å². The summed E-state index contributed by atoms with van der Waals surface area (Å²) in [4.78, 5) is 41.1. The lowest BCUT2D eigenvalue weighted by atomic mass is 9.86. The lowest BCUT2D eigenvalue weighted by Crippen LogP contribution is -2.65. The van der Waals surface area contributed by atoms with Crippen LogP contribution >= 0.6 is 0 Å². The smallest absolute Gasteiger partial charge is 0.358 e. The summed E-state index contributed by atoms with van der Waals surface area (Å²) >= 11 is 0.